The number of hydrogen-bond donors (Lipinski definition) is 1. The zero-order valence-corrected chi connectivity index (χ0v) is 13.5. The Balaban J connectivity index is 1.69. The summed E-state index contributed by atoms with van der Waals surface area (Å²) in [5.74, 6) is 1.54. The largest absolute Gasteiger partial charge is 0.379 e. The van der Waals surface area contributed by atoms with Crippen LogP contribution in [0.1, 0.15) is 30.1 Å². The zero-order chi connectivity index (χ0) is 14.7. The highest BCUT2D eigenvalue weighted by molar-refractivity contribution is 9.10. The molecule has 1 aliphatic rings. The number of benzene rings is 1. The van der Waals surface area contributed by atoms with Gasteiger partial charge >= 0.3 is 0 Å². The third kappa shape index (κ3) is 3.51. The predicted octanol–water partition coefficient (Wildman–Crippen LogP) is 2.51. The van der Waals surface area contributed by atoms with Gasteiger partial charge in [0.15, 0.2) is 5.82 Å². The number of nitrogens with zero attached hydrogens (tertiary/aromatic N) is 2. The fraction of sp³-hybridized carbons (Fsp3) is 0.467. The molecular formula is C15H18BrN3O2. The Hall–Kier alpha value is -1.24. The number of nitrogens with one attached hydrogen (secondary N) is 1. The summed E-state index contributed by atoms with van der Waals surface area (Å²) in [6.45, 7) is 4.33. The van der Waals surface area contributed by atoms with Gasteiger partial charge in [-0.25, -0.2) is 0 Å². The van der Waals surface area contributed by atoms with Gasteiger partial charge in [0, 0.05) is 16.9 Å². The Morgan fingerprint density at radius 2 is 2.10 bits per heavy atom. The number of likely N-dealkylation sites (N-methyl/N-ethyl adjacent to an activating group) is 1. The fourth-order valence-corrected chi connectivity index (χ4v) is 2.80. The maximum absolute atomic E-state index is 5.52. The summed E-state index contributed by atoms with van der Waals surface area (Å²) in [7, 11) is 0. The van der Waals surface area contributed by atoms with Crippen LogP contribution < -0.4 is 5.32 Å². The molecule has 1 saturated heterocycles. The van der Waals surface area contributed by atoms with E-state index < -0.39 is 0 Å². The van der Waals surface area contributed by atoms with Crippen molar-refractivity contribution in [2.45, 2.75) is 25.3 Å². The first-order valence-electron chi connectivity index (χ1n) is 7.14. The molecule has 0 radical (unpaired) electrons. The number of aromatic nitrogens is 2. The van der Waals surface area contributed by atoms with E-state index >= 15 is 0 Å². The molecule has 2 atom stereocenters. The molecule has 0 spiro atoms. The Morgan fingerprint density at radius 3 is 2.86 bits per heavy atom. The van der Waals surface area contributed by atoms with Crippen molar-refractivity contribution < 1.29 is 9.26 Å². The van der Waals surface area contributed by atoms with Crippen LogP contribution >= 0.6 is 15.9 Å². The zero-order valence-electron chi connectivity index (χ0n) is 11.9. The molecule has 1 aliphatic heterocycles. The molecule has 21 heavy (non-hydrogen) atoms. The van der Waals surface area contributed by atoms with Crippen LogP contribution in [0, 0.1) is 0 Å². The molecule has 6 heteroatoms. The lowest BCUT2D eigenvalue weighted by Crippen LogP contribution is -2.34. The van der Waals surface area contributed by atoms with Crippen LogP contribution in [0.15, 0.2) is 33.3 Å². The lowest BCUT2D eigenvalue weighted by Gasteiger charge is -2.13. The van der Waals surface area contributed by atoms with Gasteiger partial charge in [0.25, 0.3) is 0 Å². The molecule has 1 N–H and O–H groups in total. The molecule has 2 unspecified atom stereocenters. The van der Waals surface area contributed by atoms with E-state index in [1.54, 1.807) is 0 Å². The minimum atomic E-state index is 0.149. The van der Waals surface area contributed by atoms with E-state index in [4.69, 9.17) is 9.26 Å². The molecule has 2 heterocycles. The van der Waals surface area contributed by atoms with Crippen LogP contribution in [0.4, 0.5) is 0 Å². The van der Waals surface area contributed by atoms with E-state index in [2.05, 4.69) is 50.4 Å². The van der Waals surface area contributed by atoms with Crippen LogP contribution in [-0.2, 0) is 11.2 Å². The molecule has 5 nitrogen and oxygen atoms in total. The summed E-state index contributed by atoms with van der Waals surface area (Å²) < 4.78 is 12.0. The van der Waals surface area contributed by atoms with Gasteiger partial charge in [0.1, 0.15) is 0 Å². The van der Waals surface area contributed by atoms with E-state index in [0.29, 0.717) is 25.5 Å². The first-order valence-corrected chi connectivity index (χ1v) is 7.93. The summed E-state index contributed by atoms with van der Waals surface area (Å²) in [6, 6.07) is 8.40. The summed E-state index contributed by atoms with van der Waals surface area (Å²) in [5, 5.41) is 7.49. The summed E-state index contributed by atoms with van der Waals surface area (Å²) in [4.78, 5) is 4.53. The lowest BCUT2D eigenvalue weighted by molar-refractivity contribution is 0.185. The van der Waals surface area contributed by atoms with Gasteiger partial charge in [-0.3, -0.25) is 0 Å². The van der Waals surface area contributed by atoms with Crippen molar-refractivity contribution in [3.63, 3.8) is 0 Å². The standard InChI is InChI=1S/C15H18BrN3O2/c1-2-17-13-9-20-8-12(13)15-18-14(19-21-15)7-10-3-5-11(16)6-4-10/h3-6,12-13,17H,2,7-9H2,1H3. The molecule has 0 aliphatic carbocycles. The maximum atomic E-state index is 5.52. The SMILES string of the molecule is CCNC1COCC1c1nc(Cc2ccc(Br)cc2)no1. The number of hydrogen-bond acceptors (Lipinski definition) is 5. The highest BCUT2D eigenvalue weighted by Crippen LogP contribution is 2.24. The number of halogens is 1. The maximum Gasteiger partial charge on any atom is 0.233 e. The van der Waals surface area contributed by atoms with Crippen molar-refractivity contribution in [2.75, 3.05) is 19.8 Å². The Morgan fingerprint density at radius 1 is 1.29 bits per heavy atom. The van der Waals surface area contributed by atoms with Gasteiger partial charge in [0.2, 0.25) is 5.89 Å². The second-order valence-electron chi connectivity index (χ2n) is 5.16. The number of rotatable bonds is 5. The summed E-state index contributed by atoms with van der Waals surface area (Å²) in [5.41, 5.74) is 1.16. The van der Waals surface area contributed by atoms with Crippen molar-refractivity contribution in [3.8, 4) is 0 Å². The van der Waals surface area contributed by atoms with Gasteiger partial charge in [-0.2, -0.15) is 4.98 Å². The monoisotopic (exact) mass is 351 g/mol. The highest BCUT2D eigenvalue weighted by Gasteiger charge is 2.33. The van der Waals surface area contributed by atoms with Gasteiger partial charge in [-0.05, 0) is 24.2 Å². The van der Waals surface area contributed by atoms with Crippen LogP contribution in [0.5, 0.6) is 0 Å². The van der Waals surface area contributed by atoms with Crippen LogP contribution in [0.3, 0.4) is 0 Å². The summed E-state index contributed by atoms with van der Waals surface area (Å²) >= 11 is 3.43. The van der Waals surface area contributed by atoms with Crippen molar-refractivity contribution in [1.82, 2.24) is 15.5 Å². The van der Waals surface area contributed by atoms with Crippen molar-refractivity contribution >= 4 is 15.9 Å². The summed E-state index contributed by atoms with van der Waals surface area (Å²) in [6.07, 6.45) is 0.677. The van der Waals surface area contributed by atoms with Crippen LogP contribution in [0.2, 0.25) is 0 Å². The second-order valence-corrected chi connectivity index (χ2v) is 6.08. The third-order valence-electron chi connectivity index (χ3n) is 3.62. The molecule has 3 rings (SSSR count). The topological polar surface area (TPSA) is 60.2 Å². The molecule has 0 bridgehead atoms. The van der Waals surface area contributed by atoms with Crippen molar-refractivity contribution in [2.24, 2.45) is 0 Å². The Labute approximate surface area is 132 Å². The van der Waals surface area contributed by atoms with Crippen molar-refractivity contribution in [3.05, 3.63) is 46.0 Å². The molecule has 0 saturated carbocycles. The van der Waals surface area contributed by atoms with Crippen LogP contribution in [-0.4, -0.2) is 35.9 Å². The average Bonchev–Trinajstić information content (AvgIpc) is 3.11. The minimum absolute atomic E-state index is 0.149. The van der Waals surface area contributed by atoms with E-state index in [-0.39, 0.29) is 12.0 Å². The molecule has 2 aromatic rings. The molecule has 112 valence electrons. The lowest BCUT2D eigenvalue weighted by atomic mass is 10.0. The molecule has 0 amide bonds. The highest BCUT2D eigenvalue weighted by atomic mass is 79.9. The third-order valence-corrected chi connectivity index (χ3v) is 4.15. The van der Waals surface area contributed by atoms with Crippen molar-refractivity contribution in [1.29, 1.82) is 0 Å². The van der Waals surface area contributed by atoms with Gasteiger partial charge in [-0.15, -0.1) is 0 Å². The first kappa shape index (κ1) is 14.7. The normalized spacial score (nSPS) is 21.8. The Bertz CT molecular complexity index is 585. The number of ether oxygens (including phenoxy) is 1. The van der Waals surface area contributed by atoms with Gasteiger partial charge in [-0.1, -0.05) is 40.1 Å². The molecule has 1 aromatic heterocycles. The van der Waals surface area contributed by atoms with Gasteiger partial charge in [0.05, 0.1) is 19.1 Å². The van der Waals surface area contributed by atoms with Crippen LogP contribution in [0.25, 0.3) is 0 Å². The average molecular weight is 352 g/mol. The molecule has 1 aromatic carbocycles. The molecule has 1 fully saturated rings. The Kier molecular flexibility index (Phi) is 4.67. The predicted molar refractivity (Wildman–Crippen MR) is 82.3 cm³/mol. The minimum Gasteiger partial charge on any atom is -0.379 e. The van der Waals surface area contributed by atoms with Gasteiger partial charge < -0.3 is 14.6 Å². The first-order chi connectivity index (χ1) is 10.3. The van der Waals surface area contributed by atoms with E-state index in [0.717, 1.165) is 22.4 Å². The van der Waals surface area contributed by atoms with E-state index in [1.165, 1.54) is 0 Å². The quantitative estimate of drug-likeness (QED) is 0.896. The second kappa shape index (κ2) is 6.68. The molecular weight excluding hydrogens is 334 g/mol. The fourth-order valence-electron chi connectivity index (χ4n) is 2.54. The van der Waals surface area contributed by atoms with E-state index in [9.17, 15) is 0 Å². The smallest absolute Gasteiger partial charge is 0.233 e. The van der Waals surface area contributed by atoms with E-state index in [1.807, 2.05) is 12.1 Å².